The topological polar surface area (TPSA) is 12.0 Å². The van der Waals surface area contributed by atoms with E-state index in [0.717, 1.165) is 4.34 Å². The predicted octanol–water partition coefficient (Wildman–Crippen LogP) is 5.44. The number of fused-ring (bicyclic) bond motifs is 1. The molecule has 1 N–H and O–H groups in total. The quantitative estimate of drug-likeness (QED) is 0.796. The van der Waals surface area contributed by atoms with E-state index in [-0.39, 0.29) is 0 Å². The van der Waals surface area contributed by atoms with Crippen molar-refractivity contribution in [2.45, 2.75) is 45.2 Å². The fourth-order valence-electron chi connectivity index (χ4n) is 3.16. The molecule has 3 heteroatoms. The molecular formula is C17H20ClNS. The average molecular weight is 306 g/mol. The largest absolute Gasteiger partial charge is 0.303 e. The van der Waals surface area contributed by atoms with Crippen molar-refractivity contribution in [3.8, 4) is 0 Å². The summed E-state index contributed by atoms with van der Waals surface area (Å²) in [5.74, 6) is 0. The monoisotopic (exact) mass is 305 g/mol. The first-order valence-corrected chi connectivity index (χ1v) is 8.44. The van der Waals surface area contributed by atoms with Crippen molar-refractivity contribution >= 4 is 22.9 Å². The minimum Gasteiger partial charge on any atom is -0.303 e. The highest BCUT2D eigenvalue weighted by atomic mass is 35.5. The average Bonchev–Trinajstić information content (AvgIpc) is 2.80. The molecule has 0 radical (unpaired) electrons. The van der Waals surface area contributed by atoms with E-state index in [0.29, 0.717) is 12.1 Å². The Bertz CT molecular complexity index is 605. The summed E-state index contributed by atoms with van der Waals surface area (Å²) < 4.78 is 0.923. The fraction of sp³-hybridized carbons (Fsp3) is 0.412. The summed E-state index contributed by atoms with van der Waals surface area (Å²) in [7, 11) is 0. The smallest absolute Gasteiger partial charge is 0.0934 e. The normalized spacial score (nSPS) is 19.6. The lowest BCUT2D eigenvalue weighted by molar-refractivity contribution is 0.417. The minimum absolute atomic E-state index is 0.367. The molecule has 0 spiro atoms. The number of nitrogens with one attached hydrogen (secondary N) is 1. The van der Waals surface area contributed by atoms with Gasteiger partial charge in [0.2, 0.25) is 0 Å². The van der Waals surface area contributed by atoms with Gasteiger partial charge in [-0.15, -0.1) is 11.3 Å². The summed E-state index contributed by atoms with van der Waals surface area (Å²) in [6.45, 7) is 4.44. The molecule has 20 heavy (non-hydrogen) atoms. The second-order valence-corrected chi connectivity index (χ2v) is 7.39. The van der Waals surface area contributed by atoms with Crippen LogP contribution in [-0.2, 0) is 6.42 Å². The van der Waals surface area contributed by atoms with E-state index >= 15 is 0 Å². The first kappa shape index (κ1) is 14.1. The first-order valence-electron chi connectivity index (χ1n) is 7.25. The number of hydrogen-bond donors (Lipinski definition) is 1. The highest BCUT2D eigenvalue weighted by Gasteiger charge is 2.24. The maximum absolute atomic E-state index is 6.19. The van der Waals surface area contributed by atoms with Crippen LogP contribution in [0.25, 0.3) is 0 Å². The van der Waals surface area contributed by atoms with Crippen molar-refractivity contribution in [3.05, 3.63) is 56.2 Å². The van der Waals surface area contributed by atoms with Gasteiger partial charge in [0.25, 0.3) is 0 Å². The van der Waals surface area contributed by atoms with Crippen LogP contribution in [0.15, 0.2) is 30.3 Å². The Morgan fingerprint density at radius 3 is 2.95 bits per heavy atom. The summed E-state index contributed by atoms with van der Waals surface area (Å²) in [6, 6.07) is 11.6. The van der Waals surface area contributed by atoms with E-state index in [1.54, 1.807) is 11.3 Å². The van der Waals surface area contributed by atoms with Crippen molar-refractivity contribution in [3.63, 3.8) is 0 Å². The third-order valence-electron chi connectivity index (χ3n) is 4.19. The second kappa shape index (κ2) is 5.88. The van der Waals surface area contributed by atoms with E-state index in [9.17, 15) is 0 Å². The molecule has 0 amide bonds. The van der Waals surface area contributed by atoms with E-state index in [2.05, 4.69) is 49.5 Å². The molecule has 1 heterocycles. The van der Waals surface area contributed by atoms with Crippen molar-refractivity contribution < 1.29 is 0 Å². The van der Waals surface area contributed by atoms with Gasteiger partial charge >= 0.3 is 0 Å². The molecule has 1 aromatic heterocycles. The minimum atomic E-state index is 0.367. The van der Waals surface area contributed by atoms with Gasteiger partial charge in [-0.2, -0.15) is 0 Å². The molecule has 1 unspecified atom stereocenters. The van der Waals surface area contributed by atoms with Crippen LogP contribution in [0.4, 0.5) is 0 Å². The van der Waals surface area contributed by atoms with Crippen molar-refractivity contribution in [1.29, 1.82) is 0 Å². The molecule has 0 saturated carbocycles. The molecule has 1 aliphatic rings. The molecule has 2 atom stereocenters. The van der Waals surface area contributed by atoms with Gasteiger partial charge in [0, 0.05) is 17.0 Å². The van der Waals surface area contributed by atoms with Crippen LogP contribution in [0.2, 0.25) is 4.34 Å². The summed E-state index contributed by atoms with van der Waals surface area (Å²) in [5, 5.41) is 3.79. The Kier molecular flexibility index (Phi) is 4.16. The molecule has 3 rings (SSSR count). The first-order chi connectivity index (χ1) is 9.65. The molecule has 1 aliphatic carbocycles. The predicted molar refractivity (Wildman–Crippen MR) is 87.7 cm³/mol. The van der Waals surface area contributed by atoms with Gasteiger partial charge in [-0.25, -0.2) is 0 Å². The maximum atomic E-state index is 6.19. The number of aryl methyl sites for hydroxylation is 2. The van der Waals surface area contributed by atoms with Crippen LogP contribution in [0, 0.1) is 6.92 Å². The van der Waals surface area contributed by atoms with Crippen LogP contribution >= 0.6 is 22.9 Å². The molecule has 0 aliphatic heterocycles. The zero-order chi connectivity index (χ0) is 14.1. The third-order valence-corrected chi connectivity index (χ3v) is 5.53. The van der Waals surface area contributed by atoms with Crippen molar-refractivity contribution in [2.24, 2.45) is 0 Å². The zero-order valence-electron chi connectivity index (χ0n) is 11.9. The van der Waals surface area contributed by atoms with Crippen LogP contribution in [0.5, 0.6) is 0 Å². The Hall–Kier alpha value is -0.830. The third kappa shape index (κ3) is 2.78. The standard InChI is InChI=1S/C17H20ClNS/c1-11-6-3-4-7-13(11)12(2)19-15-8-5-9-16-14(15)10-17(18)20-16/h3-4,6-7,10,12,15,19H,5,8-9H2,1-2H3/t12-,15?/m1/s1. The molecule has 2 aromatic rings. The molecule has 0 bridgehead atoms. The Morgan fingerprint density at radius 1 is 1.35 bits per heavy atom. The van der Waals surface area contributed by atoms with Gasteiger partial charge in [0.15, 0.2) is 0 Å². The number of rotatable bonds is 3. The molecule has 106 valence electrons. The lowest BCUT2D eigenvalue weighted by atomic mass is 9.92. The van der Waals surface area contributed by atoms with E-state index in [1.165, 1.54) is 40.8 Å². The summed E-state index contributed by atoms with van der Waals surface area (Å²) in [5.41, 5.74) is 4.17. The molecule has 1 aromatic carbocycles. The van der Waals surface area contributed by atoms with Crippen LogP contribution in [-0.4, -0.2) is 0 Å². The van der Waals surface area contributed by atoms with Crippen LogP contribution in [0.1, 0.15) is 53.4 Å². The van der Waals surface area contributed by atoms with Gasteiger partial charge in [0.1, 0.15) is 0 Å². The van der Waals surface area contributed by atoms with Gasteiger partial charge in [-0.05, 0) is 55.9 Å². The van der Waals surface area contributed by atoms with Gasteiger partial charge in [-0.1, -0.05) is 35.9 Å². The van der Waals surface area contributed by atoms with Crippen LogP contribution in [0.3, 0.4) is 0 Å². The summed E-state index contributed by atoms with van der Waals surface area (Å²) in [6.07, 6.45) is 3.64. The lowest BCUT2D eigenvalue weighted by Crippen LogP contribution is -2.27. The van der Waals surface area contributed by atoms with E-state index in [1.807, 2.05) is 0 Å². The maximum Gasteiger partial charge on any atom is 0.0934 e. The lowest BCUT2D eigenvalue weighted by Gasteiger charge is -2.28. The number of benzene rings is 1. The molecule has 1 nitrogen and oxygen atoms in total. The van der Waals surface area contributed by atoms with Crippen LogP contribution < -0.4 is 5.32 Å². The highest BCUT2D eigenvalue weighted by molar-refractivity contribution is 7.16. The SMILES string of the molecule is Cc1ccccc1[C@@H](C)NC1CCCc2sc(Cl)cc21. The number of hydrogen-bond acceptors (Lipinski definition) is 2. The van der Waals surface area contributed by atoms with Gasteiger partial charge < -0.3 is 5.32 Å². The highest BCUT2D eigenvalue weighted by Crippen LogP contribution is 2.38. The van der Waals surface area contributed by atoms with Gasteiger partial charge in [0.05, 0.1) is 4.34 Å². The Balaban J connectivity index is 1.80. The van der Waals surface area contributed by atoms with Crippen molar-refractivity contribution in [1.82, 2.24) is 5.32 Å². The zero-order valence-corrected chi connectivity index (χ0v) is 13.5. The fourth-order valence-corrected chi connectivity index (χ4v) is 4.54. The Morgan fingerprint density at radius 2 is 2.15 bits per heavy atom. The van der Waals surface area contributed by atoms with Crippen molar-refractivity contribution in [2.75, 3.05) is 0 Å². The molecule has 0 saturated heterocycles. The van der Waals surface area contributed by atoms with E-state index < -0.39 is 0 Å². The molecule has 0 fully saturated rings. The number of halogens is 1. The van der Waals surface area contributed by atoms with E-state index in [4.69, 9.17) is 11.6 Å². The Labute approximate surface area is 130 Å². The number of thiophene rings is 1. The summed E-state index contributed by atoms with van der Waals surface area (Å²) >= 11 is 7.93. The molecular weight excluding hydrogens is 286 g/mol. The van der Waals surface area contributed by atoms with Gasteiger partial charge in [-0.3, -0.25) is 0 Å². The summed E-state index contributed by atoms with van der Waals surface area (Å²) in [4.78, 5) is 1.47. The second-order valence-electron chi connectivity index (χ2n) is 5.62.